The minimum absolute atomic E-state index is 0.113. The highest BCUT2D eigenvalue weighted by Crippen LogP contribution is 2.49. The van der Waals surface area contributed by atoms with Crippen LogP contribution in [0.5, 0.6) is 0 Å². The number of hydrogen-bond acceptors (Lipinski definition) is 6. The number of rotatable bonds is 4. The summed E-state index contributed by atoms with van der Waals surface area (Å²) in [5, 5.41) is 6.41. The van der Waals surface area contributed by atoms with Gasteiger partial charge in [0.1, 0.15) is 10.8 Å². The van der Waals surface area contributed by atoms with E-state index in [1.165, 1.54) is 18.4 Å². The van der Waals surface area contributed by atoms with Crippen molar-refractivity contribution in [2.45, 2.75) is 69.9 Å². The number of carbonyl (C=O) groups excluding carboxylic acids is 1. The summed E-state index contributed by atoms with van der Waals surface area (Å²) < 4.78 is 34.4. The number of halogens is 2. The fourth-order valence-corrected chi connectivity index (χ4v) is 6.28. The molecule has 0 radical (unpaired) electrons. The lowest BCUT2D eigenvalue weighted by Gasteiger charge is -2.36. The van der Waals surface area contributed by atoms with Crippen LogP contribution in [-0.2, 0) is 16.7 Å². The Bertz CT molecular complexity index is 1340. The third kappa shape index (κ3) is 3.70. The largest absolute Gasteiger partial charge is 0.465 e. The maximum atomic E-state index is 13.9. The first-order valence-corrected chi connectivity index (χ1v) is 12.4. The Balaban J connectivity index is 1.60. The first-order valence-electron chi connectivity index (χ1n) is 11.5. The molecule has 2 aromatic heterocycles. The van der Waals surface area contributed by atoms with Crippen LogP contribution in [0, 0.1) is 6.92 Å². The number of esters is 1. The number of alkyl halides is 2. The Morgan fingerprint density at radius 1 is 1.24 bits per heavy atom. The summed E-state index contributed by atoms with van der Waals surface area (Å²) in [5.41, 5.74) is 2.23. The Morgan fingerprint density at radius 3 is 2.68 bits per heavy atom. The van der Waals surface area contributed by atoms with Crippen molar-refractivity contribution in [3.63, 3.8) is 0 Å². The summed E-state index contributed by atoms with van der Waals surface area (Å²) in [6, 6.07) is 5.29. The van der Waals surface area contributed by atoms with Crippen LogP contribution in [-0.4, -0.2) is 28.6 Å². The van der Waals surface area contributed by atoms with Crippen LogP contribution in [0.15, 0.2) is 28.4 Å². The highest BCUT2D eigenvalue weighted by atomic mass is 32.1. The molecular weight excluding hydrogens is 460 g/mol. The van der Waals surface area contributed by atoms with Crippen molar-refractivity contribution in [2.24, 2.45) is 0 Å². The topological polar surface area (TPSA) is 73.2 Å². The molecule has 180 valence electrons. The molecule has 3 heterocycles. The second-order valence-corrected chi connectivity index (χ2v) is 10.5. The zero-order valence-electron chi connectivity index (χ0n) is 19.4. The first-order chi connectivity index (χ1) is 16.1. The maximum Gasteiger partial charge on any atom is 0.340 e. The number of nitrogens with zero attached hydrogens (tertiary/aromatic N) is 2. The van der Waals surface area contributed by atoms with Crippen LogP contribution >= 0.6 is 11.3 Å². The van der Waals surface area contributed by atoms with E-state index in [2.05, 4.69) is 5.32 Å². The molecule has 1 aliphatic heterocycles. The van der Waals surface area contributed by atoms with Crippen molar-refractivity contribution in [1.82, 2.24) is 9.55 Å². The zero-order chi connectivity index (χ0) is 24.3. The predicted molar refractivity (Wildman–Crippen MR) is 128 cm³/mol. The van der Waals surface area contributed by atoms with Gasteiger partial charge in [-0.05, 0) is 56.2 Å². The van der Waals surface area contributed by atoms with Gasteiger partial charge in [-0.3, -0.25) is 9.36 Å². The van der Waals surface area contributed by atoms with Gasteiger partial charge in [0.05, 0.1) is 29.6 Å². The smallest absolute Gasteiger partial charge is 0.340 e. The second-order valence-electron chi connectivity index (χ2n) is 9.55. The van der Waals surface area contributed by atoms with Gasteiger partial charge in [-0.2, -0.15) is 0 Å². The van der Waals surface area contributed by atoms with Gasteiger partial charge in [0.25, 0.3) is 5.56 Å². The molecule has 1 spiro atoms. The number of aryl methyl sites for hydroxylation is 1. The second kappa shape index (κ2) is 8.15. The summed E-state index contributed by atoms with van der Waals surface area (Å²) >= 11 is 1.40. The molecule has 0 amide bonds. The van der Waals surface area contributed by atoms with Crippen LogP contribution in [0.3, 0.4) is 0 Å². The highest BCUT2D eigenvalue weighted by Gasteiger charge is 2.49. The molecule has 2 aliphatic rings. The third-order valence-corrected chi connectivity index (χ3v) is 8.19. The molecule has 0 unspecified atom stereocenters. The molecule has 1 aromatic carbocycles. The summed E-state index contributed by atoms with van der Waals surface area (Å²) in [6.45, 7) is 4.40. The molecule has 1 saturated carbocycles. The van der Waals surface area contributed by atoms with E-state index in [-0.39, 0.29) is 24.4 Å². The Kier molecular flexibility index (Phi) is 5.50. The molecule has 9 heteroatoms. The van der Waals surface area contributed by atoms with Crippen molar-refractivity contribution in [3.8, 4) is 0 Å². The molecule has 1 N–H and O–H groups in total. The number of carbonyl (C=O) groups is 1. The standard InChI is InChI=1S/C25H27F2N3O3S/c1-14-12-17(15(2)28-20-16(4-11-34-20)22(32)33-3)19-18(13-14)21(31)30-10-9-24(23(30)29-19)5-7-25(26,27)8-6-24/h4,11-13,15,28H,5-10H2,1-3H3/t15-/m1/s1. The fourth-order valence-electron chi connectivity index (χ4n) is 5.42. The molecule has 6 nitrogen and oxygen atoms in total. The average Bonchev–Trinajstić information content (AvgIpc) is 3.41. The maximum absolute atomic E-state index is 13.9. The number of ether oxygens (including phenoxy) is 1. The minimum Gasteiger partial charge on any atom is -0.465 e. The summed E-state index contributed by atoms with van der Waals surface area (Å²) in [4.78, 5) is 30.6. The summed E-state index contributed by atoms with van der Waals surface area (Å²) in [5.74, 6) is -2.42. The highest BCUT2D eigenvalue weighted by molar-refractivity contribution is 7.14. The number of benzene rings is 1. The molecule has 1 atom stereocenters. The molecule has 1 aliphatic carbocycles. The number of anilines is 1. The van der Waals surface area contributed by atoms with Crippen molar-refractivity contribution >= 4 is 33.2 Å². The van der Waals surface area contributed by atoms with Crippen molar-refractivity contribution in [1.29, 1.82) is 0 Å². The Hall–Kier alpha value is -2.81. The molecular formula is C25H27F2N3O3S. The first kappa shape index (κ1) is 23.0. The average molecular weight is 488 g/mol. The van der Waals surface area contributed by atoms with Crippen molar-refractivity contribution in [3.05, 3.63) is 56.4 Å². The van der Waals surface area contributed by atoms with E-state index in [1.54, 1.807) is 10.6 Å². The number of fused-ring (bicyclic) bond motifs is 3. The van der Waals surface area contributed by atoms with E-state index in [9.17, 15) is 18.4 Å². The van der Waals surface area contributed by atoms with Gasteiger partial charge in [0.15, 0.2) is 0 Å². The SMILES string of the molecule is COC(=O)c1ccsc1N[C@H](C)c1cc(C)cc2c(=O)n3c(nc12)C1(CC3)CCC(F)(F)CC1. The van der Waals surface area contributed by atoms with E-state index in [4.69, 9.17) is 9.72 Å². The van der Waals surface area contributed by atoms with E-state index in [1.807, 2.05) is 31.4 Å². The quantitative estimate of drug-likeness (QED) is 0.487. The van der Waals surface area contributed by atoms with Crippen LogP contribution < -0.4 is 10.9 Å². The molecule has 1 fully saturated rings. The third-order valence-electron chi connectivity index (χ3n) is 7.34. The number of thiophene rings is 1. The monoisotopic (exact) mass is 487 g/mol. The van der Waals surface area contributed by atoms with Gasteiger partial charge in [0, 0.05) is 30.4 Å². The van der Waals surface area contributed by atoms with Gasteiger partial charge in [0.2, 0.25) is 5.92 Å². The van der Waals surface area contributed by atoms with Crippen molar-refractivity contribution in [2.75, 3.05) is 12.4 Å². The number of hydrogen-bond donors (Lipinski definition) is 1. The molecule has 0 bridgehead atoms. The fraction of sp³-hybridized carbons (Fsp3) is 0.480. The van der Waals surface area contributed by atoms with Gasteiger partial charge in [-0.15, -0.1) is 11.3 Å². The molecule has 3 aromatic rings. The van der Waals surface area contributed by atoms with E-state index >= 15 is 0 Å². The normalized spacial score (nSPS) is 19.2. The Morgan fingerprint density at radius 2 is 1.97 bits per heavy atom. The molecule has 34 heavy (non-hydrogen) atoms. The van der Waals surface area contributed by atoms with E-state index in [0.29, 0.717) is 53.1 Å². The lowest BCUT2D eigenvalue weighted by molar-refractivity contribution is -0.0523. The van der Waals surface area contributed by atoms with E-state index in [0.717, 1.165) is 11.1 Å². The summed E-state index contributed by atoms with van der Waals surface area (Å²) in [7, 11) is 1.34. The number of aromatic nitrogens is 2. The van der Waals surface area contributed by atoms with Gasteiger partial charge in [-0.25, -0.2) is 18.6 Å². The van der Waals surface area contributed by atoms with Crippen LogP contribution in [0.1, 0.15) is 72.4 Å². The van der Waals surface area contributed by atoms with Gasteiger partial charge in [-0.1, -0.05) is 6.07 Å². The lowest BCUT2D eigenvalue weighted by Crippen LogP contribution is -2.37. The number of nitrogens with one attached hydrogen (secondary N) is 1. The predicted octanol–water partition coefficient (Wildman–Crippen LogP) is 5.58. The minimum atomic E-state index is -2.64. The molecule has 0 saturated heterocycles. The molecule has 5 rings (SSSR count). The van der Waals surface area contributed by atoms with Crippen LogP contribution in [0.2, 0.25) is 0 Å². The van der Waals surface area contributed by atoms with Crippen LogP contribution in [0.25, 0.3) is 10.9 Å². The zero-order valence-corrected chi connectivity index (χ0v) is 20.2. The summed E-state index contributed by atoms with van der Waals surface area (Å²) in [6.07, 6.45) is 0.999. The Labute approximate surface area is 200 Å². The van der Waals surface area contributed by atoms with Crippen LogP contribution in [0.4, 0.5) is 13.8 Å². The van der Waals surface area contributed by atoms with Crippen molar-refractivity contribution < 1.29 is 18.3 Å². The lowest BCUT2D eigenvalue weighted by atomic mass is 9.71. The number of methoxy groups -OCH3 is 1. The van der Waals surface area contributed by atoms with Gasteiger partial charge < -0.3 is 10.1 Å². The van der Waals surface area contributed by atoms with Gasteiger partial charge >= 0.3 is 5.97 Å². The van der Waals surface area contributed by atoms with E-state index < -0.39 is 17.3 Å².